The first-order valence-corrected chi connectivity index (χ1v) is 8.44. The number of halogens is 1. The molecular formula is C17H17ClN2O3S. The third-order valence-electron chi connectivity index (χ3n) is 3.01. The molecule has 5 nitrogen and oxygen atoms in total. The minimum atomic E-state index is -0.544. The normalized spacial score (nSPS) is 11.6. The number of benzene rings is 2. The van der Waals surface area contributed by atoms with Crippen LogP contribution in [0.15, 0.2) is 53.4 Å². The highest BCUT2D eigenvalue weighted by Crippen LogP contribution is 2.30. The van der Waals surface area contributed by atoms with Crippen LogP contribution in [0.25, 0.3) is 0 Å². The molecule has 0 saturated heterocycles. The van der Waals surface area contributed by atoms with Gasteiger partial charge in [0.25, 0.3) is 5.91 Å². The van der Waals surface area contributed by atoms with Crippen molar-refractivity contribution in [3.8, 4) is 5.75 Å². The van der Waals surface area contributed by atoms with Crippen molar-refractivity contribution in [2.24, 2.45) is 5.73 Å². The van der Waals surface area contributed by atoms with Gasteiger partial charge in [-0.3, -0.25) is 9.59 Å². The molecule has 0 aliphatic carbocycles. The molecule has 1 atom stereocenters. The van der Waals surface area contributed by atoms with Gasteiger partial charge in [-0.05, 0) is 43.3 Å². The molecule has 0 aromatic heterocycles. The van der Waals surface area contributed by atoms with Crippen LogP contribution < -0.4 is 15.8 Å². The van der Waals surface area contributed by atoms with E-state index in [1.165, 1.54) is 11.8 Å². The van der Waals surface area contributed by atoms with Crippen LogP contribution in [0.1, 0.15) is 6.92 Å². The lowest BCUT2D eigenvalue weighted by atomic mass is 10.3. The summed E-state index contributed by atoms with van der Waals surface area (Å²) >= 11 is 7.50. The van der Waals surface area contributed by atoms with E-state index in [1.54, 1.807) is 30.3 Å². The van der Waals surface area contributed by atoms with Crippen LogP contribution in [-0.4, -0.2) is 23.7 Å². The van der Waals surface area contributed by atoms with Gasteiger partial charge in [0.15, 0.2) is 6.61 Å². The van der Waals surface area contributed by atoms with Crippen LogP contribution in [0, 0.1) is 0 Å². The smallest absolute Gasteiger partial charge is 0.255 e. The van der Waals surface area contributed by atoms with Crippen molar-refractivity contribution in [1.29, 1.82) is 0 Å². The summed E-state index contributed by atoms with van der Waals surface area (Å²) in [5.41, 5.74) is 5.65. The van der Waals surface area contributed by atoms with E-state index in [0.29, 0.717) is 16.5 Å². The van der Waals surface area contributed by atoms with Crippen LogP contribution >= 0.6 is 23.4 Å². The number of hydrogen-bond acceptors (Lipinski definition) is 4. The number of rotatable bonds is 7. The van der Waals surface area contributed by atoms with Gasteiger partial charge in [-0.15, -0.1) is 11.8 Å². The summed E-state index contributed by atoms with van der Waals surface area (Å²) in [6.45, 7) is 1.63. The summed E-state index contributed by atoms with van der Waals surface area (Å²) in [6.07, 6.45) is 0. The molecule has 0 fully saturated rings. The average Bonchev–Trinajstić information content (AvgIpc) is 2.56. The predicted octanol–water partition coefficient (Wildman–Crippen LogP) is 3.32. The highest BCUT2D eigenvalue weighted by molar-refractivity contribution is 8.00. The van der Waals surface area contributed by atoms with Crippen molar-refractivity contribution in [2.75, 3.05) is 11.9 Å². The maximum absolute atomic E-state index is 12.3. The Bertz CT molecular complexity index is 722. The third-order valence-corrected chi connectivity index (χ3v) is 4.63. The second-order valence-electron chi connectivity index (χ2n) is 4.96. The molecule has 126 valence electrons. The van der Waals surface area contributed by atoms with Crippen LogP contribution in [0.5, 0.6) is 5.75 Å². The van der Waals surface area contributed by atoms with Crippen LogP contribution in [0.3, 0.4) is 0 Å². The molecule has 7 heteroatoms. The van der Waals surface area contributed by atoms with E-state index in [1.807, 2.05) is 25.1 Å². The van der Waals surface area contributed by atoms with E-state index in [-0.39, 0.29) is 17.8 Å². The van der Waals surface area contributed by atoms with Gasteiger partial charge in [0.1, 0.15) is 5.75 Å². The third kappa shape index (κ3) is 5.47. The first kappa shape index (κ1) is 18.2. The van der Waals surface area contributed by atoms with Crippen LogP contribution in [-0.2, 0) is 9.59 Å². The van der Waals surface area contributed by atoms with Crippen molar-refractivity contribution >= 4 is 40.9 Å². The molecule has 0 radical (unpaired) electrons. The molecule has 0 spiro atoms. The number of carbonyl (C=O) groups is 2. The van der Waals surface area contributed by atoms with Crippen molar-refractivity contribution in [3.05, 3.63) is 53.6 Å². The summed E-state index contributed by atoms with van der Waals surface area (Å²) in [5, 5.41) is 3.14. The molecule has 3 N–H and O–H groups in total. The molecule has 2 amide bonds. The lowest BCUT2D eigenvalue weighted by Gasteiger charge is -2.13. The lowest BCUT2D eigenvalue weighted by molar-refractivity contribution is -0.120. The fraction of sp³-hybridized carbons (Fsp3) is 0.176. The fourth-order valence-corrected chi connectivity index (χ4v) is 2.97. The first-order chi connectivity index (χ1) is 11.5. The molecule has 0 heterocycles. The molecule has 2 aromatic rings. The second-order valence-corrected chi connectivity index (χ2v) is 6.75. The van der Waals surface area contributed by atoms with E-state index < -0.39 is 5.91 Å². The zero-order valence-electron chi connectivity index (χ0n) is 13.0. The number of nitrogens with one attached hydrogen (secondary N) is 1. The monoisotopic (exact) mass is 364 g/mol. The van der Waals surface area contributed by atoms with E-state index in [4.69, 9.17) is 22.1 Å². The van der Waals surface area contributed by atoms with E-state index in [2.05, 4.69) is 5.32 Å². The number of primary amides is 1. The van der Waals surface area contributed by atoms with Crippen LogP contribution in [0.4, 0.5) is 5.69 Å². The Labute approximate surface area is 149 Å². The highest BCUT2D eigenvalue weighted by atomic mass is 35.5. The largest absolute Gasteiger partial charge is 0.484 e. The minimum Gasteiger partial charge on any atom is -0.484 e. The standard InChI is InChI=1S/C17H17ClN2O3S/c1-11(24-15-5-3-2-4-14(15)18)17(22)20-12-6-8-13(9-7-12)23-10-16(19)21/h2-9,11H,10H2,1H3,(H2,19,21)(H,20,22). The molecule has 0 saturated carbocycles. The summed E-state index contributed by atoms with van der Waals surface area (Å²) in [7, 11) is 0. The van der Waals surface area contributed by atoms with Gasteiger partial charge >= 0.3 is 0 Å². The lowest BCUT2D eigenvalue weighted by Crippen LogP contribution is -2.22. The summed E-state index contributed by atoms with van der Waals surface area (Å²) < 4.78 is 5.16. The molecule has 2 aromatic carbocycles. The summed E-state index contributed by atoms with van der Waals surface area (Å²) in [4.78, 5) is 23.8. The van der Waals surface area contributed by atoms with Crippen molar-refractivity contribution in [2.45, 2.75) is 17.1 Å². The average molecular weight is 365 g/mol. The van der Waals surface area contributed by atoms with Gasteiger partial charge in [-0.2, -0.15) is 0 Å². The Morgan fingerprint density at radius 3 is 2.50 bits per heavy atom. The fourth-order valence-electron chi connectivity index (χ4n) is 1.82. The number of nitrogens with two attached hydrogens (primary N) is 1. The van der Waals surface area contributed by atoms with Gasteiger partial charge in [0.2, 0.25) is 5.91 Å². The van der Waals surface area contributed by atoms with E-state index in [9.17, 15) is 9.59 Å². The Morgan fingerprint density at radius 2 is 1.88 bits per heavy atom. The number of ether oxygens (including phenoxy) is 1. The zero-order valence-corrected chi connectivity index (χ0v) is 14.6. The number of amides is 2. The van der Waals surface area contributed by atoms with Gasteiger partial charge in [0.05, 0.1) is 10.3 Å². The van der Waals surface area contributed by atoms with Crippen molar-refractivity contribution in [3.63, 3.8) is 0 Å². The molecule has 0 aliphatic rings. The van der Waals surface area contributed by atoms with E-state index >= 15 is 0 Å². The summed E-state index contributed by atoms with van der Waals surface area (Å²) in [5.74, 6) is -0.172. The van der Waals surface area contributed by atoms with Gasteiger partial charge < -0.3 is 15.8 Å². The van der Waals surface area contributed by atoms with Gasteiger partial charge in [-0.25, -0.2) is 0 Å². The maximum atomic E-state index is 12.3. The van der Waals surface area contributed by atoms with Crippen molar-refractivity contribution in [1.82, 2.24) is 0 Å². The molecule has 0 bridgehead atoms. The first-order valence-electron chi connectivity index (χ1n) is 7.19. The van der Waals surface area contributed by atoms with Gasteiger partial charge in [-0.1, -0.05) is 23.7 Å². The molecule has 24 heavy (non-hydrogen) atoms. The number of anilines is 1. The Balaban J connectivity index is 1.91. The molecule has 1 unspecified atom stereocenters. The molecule has 2 rings (SSSR count). The molecule has 0 aliphatic heterocycles. The van der Waals surface area contributed by atoms with Crippen LogP contribution in [0.2, 0.25) is 5.02 Å². The zero-order chi connectivity index (χ0) is 17.5. The SMILES string of the molecule is CC(Sc1ccccc1Cl)C(=O)Nc1ccc(OCC(N)=O)cc1. The number of carbonyl (C=O) groups excluding carboxylic acids is 2. The van der Waals surface area contributed by atoms with Gasteiger partial charge in [0, 0.05) is 10.6 Å². The van der Waals surface area contributed by atoms with E-state index in [0.717, 1.165) is 4.90 Å². The Hall–Kier alpha value is -2.18. The Morgan fingerprint density at radius 1 is 1.21 bits per heavy atom. The van der Waals surface area contributed by atoms with Crippen molar-refractivity contribution < 1.29 is 14.3 Å². The molecular weight excluding hydrogens is 348 g/mol. The second kappa shape index (κ2) is 8.61. The topological polar surface area (TPSA) is 81.4 Å². The highest BCUT2D eigenvalue weighted by Gasteiger charge is 2.16. The quantitative estimate of drug-likeness (QED) is 0.738. The minimum absolute atomic E-state index is 0.134. The predicted molar refractivity (Wildman–Crippen MR) is 96.5 cm³/mol. The maximum Gasteiger partial charge on any atom is 0.255 e. The number of thioether (sulfide) groups is 1. The summed E-state index contributed by atoms with van der Waals surface area (Å²) in [6, 6.07) is 14.1. The Kier molecular flexibility index (Phi) is 6.52. The number of hydrogen-bond donors (Lipinski definition) is 2.